The highest BCUT2D eigenvalue weighted by atomic mass is 35.5. The monoisotopic (exact) mass is 660 g/mol. The van der Waals surface area contributed by atoms with Crippen LogP contribution < -0.4 is 26.2 Å². The molecular weight excluding hydrogens is 616 g/mol. The van der Waals surface area contributed by atoms with Gasteiger partial charge in [0, 0.05) is 47.3 Å². The van der Waals surface area contributed by atoms with Crippen LogP contribution in [-0.2, 0) is 30.8 Å². The first-order valence-electron chi connectivity index (χ1n) is 15.0. The average molecular weight is 661 g/mol. The van der Waals surface area contributed by atoms with E-state index in [2.05, 4.69) is 10.0 Å². The zero-order valence-corrected chi connectivity index (χ0v) is 27.9. The van der Waals surface area contributed by atoms with E-state index in [1.807, 2.05) is 45.0 Å². The van der Waals surface area contributed by atoms with Gasteiger partial charge in [0.1, 0.15) is 17.4 Å². The second kappa shape index (κ2) is 16.4. The number of halogens is 1. The van der Waals surface area contributed by atoms with Crippen LogP contribution >= 0.6 is 11.6 Å². The van der Waals surface area contributed by atoms with Gasteiger partial charge in [-0.25, -0.2) is 17.9 Å². The number of carbonyl (C=O) groups excluding carboxylic acids is 2. The normalized spacial score (nSPS) is 17.5. The molecule has 3 aromatic carbocycles. The van der Waals surface area contributed by atoms with E-state index in [1.54, 1.807) is 36.4 Å². The molecule has 45 heavy (non-hydrogen) atoms. The van der Waals surface area contributed by atoms with E-state index >= 15 is 0 Å². The van der Waals surface area contributed by atoms with E-state index in [0.29, 0.717) is 16.8 Å². The van der Waals surface area contributed by atoms with Gasteiger partial charge in [-0.2, -0.15) is 0 Å². The van der Waals surface area contributed by atoms with Gasteiger partial charge in [-0.15, -0.1) is 0 Å². The number of ether oxygens (including phenoxy) is 2. The first-order valence-corrected chi connectivity index (χ1v) is 16.9. The number of fused-ring (bicyclic) bond motifs is 1. The summed E-state index contributed by atoms with van der Waals surface area (Å²) in [5, 5.41) is 4.72. The molecule has 0 bridgehead atoms. The largest absolute Gasteiger partial charge is 0.488 e. The number of carbonyl (C=O) groups is 2. The Morgan fingerprint density at radius 3 is 2.20 bits per heavy atom. The molecule has 1 atom stereocenters. The second-order valence-corrected chi connectivity index (χ2v) is 14.2. The molecule has 10 nitrogen and oxygen atoms in total. The number of sulfonamides is 1. The standard InChI is InChI=1S/C21H32N2O4.C12H13ClN2O2S/c1-21(2,3)27-17-11-5-14(6-12-17)13-18(20(25)26-4)23-19(24)15-7-9-16(22)10-8-15;13-11-5-1-4-10-9(11)3-2-6-12(10)18(16,17)15-8-7-14/h5-6,11-12,15-16,18H,7-10,13,22H2,1-4H3,(H,23,24);1-6,15H,7-8,14H2. The Balaban J connectivity index is 0.000000265. The van der Waals surface area contributed by atoms with Gasteiger partial charge in [0.25, 0.3) is 0 Å². The van der Waals surface area contributed by atoms with Crippen molar-refractivity contribution in [3.05, 3.63) is 71.2 Å². The third-order valence-corrected chi connectivity index (χ3v) is 9.14. The quantitative estimate of drug-likeness (QED) is 0.234. The maximum atomic E-state index is 12.6. The van der Waals surface area contributed by atoms with Crippen LogP contribution in [0.4, 0.5) is 0 Å². The van der Waals surface area contributed by atoms with Crippen LogP contribution in [0.2, 0.25) is 5.02 Å². The van der Waals surface area contributed by atoms with E-state index < -0.39 is 22.0 Å². The van der Waals surface area contributed by atoms with Crippen LogP contribution in [0.3, 0.4) is 0 Å². The van der Waals surface area contributed by atoms with Crippen molar-refractivity contribution in [1.82, 2.24) is 10.0 Å². The van der Waals surface area contributed by atoms with Gasteiger partial charge in [-0.1, -0.05) is 48.0 Å². The van der Waals surface area contributed by atoms with E-state index in [9.17, 15) is 18.0 Å². The Hall–Kier alpha value is -3.22. The smallest absolute Gasteiger partial charge is 0.328 e. The Morgan fingerprint density at radius 1 is 0.978 bits per heavy atom. The van der Waals surface area contributed by atoms with Gasteiger partial charge in [0.05, 0.1) is 12.0 Å². The number of benzene rings is 3. The topological polar surface area (TPSA) is 163 Å². The number of nitrogens with one attached hydrogen (secondary N) is 2. The molecule has 0 saturated heterocycles. The Bertz CT molecular complexity index is 1540. The zero-order valence-electron chi connectivity index (χ0n) is 26.3. The SMILES string of the molecule is COC(=O)C(Cc1ccc(OC(C)(C)C)cc1)NC(=O)C1CCC(N)CC1.NCCNS(=O)(=O)c1cccc2c(Cl)cccc12. The van der Waals surface area contributed by atoms with Crippen molar-refractivity contribution in [2.75, 3.05) is 20.2 Å². The summed E-state index contributed by atoms with van der Waals surface area (Å²) < 4.78 is 37.3. The van der Waals surface area contributed by atoms with Gasteiger partial charge in [-0.05, 0) is 76.3 Å². The molecule has 1 saturated carbocycles. The summed E-state index contributed by atoms with van der Waals surface area (Å²) in [6.07, 6.45) is 3.59. The number of nitrogens with two attached hydrogens (primary N) is 2. The summed E-state index contributed by atoms with van der Waals surface area (Å²) in [4.78, 5) is 24.9. The molecule has 0 radical (unpaired) electrons. The number of hydrogen-bond acceptors (Lipinski definition) is 8. The van der Waals surface area contributed by atoms with Crippen molar-refractivity contribution in [3.63, 3.8) is 0 Å². The summed E-state index contributed by atoms with van der Waals surface area (Å²) in [5.41, 5.74) is 11.9. The number of amides is 1. The van der Waals surface area contributed by atoms with Crippen molar-refractivity contribution >= 4 is 44.3 Å². The summed E-state index contributed by atoms with van der Waals surface area (Å²) in [5.74, 6) is 0.152. The average Bonchev–Trinajstić information content (AvgIpc) is 3.00. The second-order valence-electron chi connectivity index (χ2n) is 12.0. The molecule has 1 amide bonds. The maximum Gasteiger partial charge on any atom is 0.328 e. The highest BCUT2D eigenvalue weighted by molar-refractivity contribution is 7.89. The van der Waals surface area contributed by atoms with Gasteiger partial charge in [0.15, 0.2) is 0 Å². The number of methoxy groups -OCH3 is 1. The number of rotatable bonds is 10. The molecule has 1 aliphatic carbocycles. The van der Waals surface area contributed by atoms with Crippen molar-refractivity contribution < 1.29 is 27.5 Å². The third kappa shape index (κ3) is 11.0. The molecule has 1 aliphatic rings. The lowest BCUT2D eigenvalue weighted by Gasteiger charge is -2.27. The summed E-state index contributed by atoms with van der Waals surface area (Å²) in [7, 11) is -2.22. The molecule has 246 valence electrons. The number of esters is 1. The summed E-state index contributed by atoms with van der Waals surface area (Å²) >= 11 is 6.05. The molecule has 4 rings (SSSR count). The van der Waals surface area contributed by atoms with Crippen LogP contribution in [0, 0.1) is 5.92 Å². The van der Waals surface area contributed by atoms with Crippen molar-refractivity contribution in [1.29, 1.82) is 0 Å². The molecule has 0 heterocycles. The molecule has 1 unspecified atom stereocenters. The van der Waals surface area contributed by atoms with E-state index in [1.165, 1.54) is 7.11 Å². The molecule has 6 N–H and O–H groups in total. The maximum absolute atomic E-state index is 12.6. The molecule has 0 aliphatic heterocycles. The van der Waals surface area contributed by atoms with Crippen molar-refractivity contribution in [3.8, 4) is 5.75 Å². The highest BCUT2D eigenvalue weighted by Gasteiger charge is 2.29. The summed E-state index contributed by atoms with van der Waals surface area (Å²) in [6, 6.07) is 17.2. The minimum Gasteiger partial charge on any atom is -0.488 e. The van der Waals surface area contributed by atoms with Crippen molar-refractivity contribution in [2.45, 2.75) is 75.5 Å². The minimum absolute atomic E-state index is 0.0838. The van der Waals surface area contributed by atoms with Crippen LogP contribution in [0.1, 0.15) is 52.0 Å². The summed E-state index contributed by atoms with van der Waals surface area (Å²) in [6.45, 7) is 6.43. The highest BCUT2D eigenvalue weighted by Crippen LogP contribution is 2.28. The van der Waals surface area contributed by atoms with Crippen LogP contribution in [0.25, 0.3) is 10.8 Å². The fourth-order valence-corrected chi connectivity index (χ4v) is 6.54. The molecule has 0 aromatic heterocycles. The third-order valence-electron chi connectivity index (χ3n) is 7.29. The zero-order chi connectivity index (χ0) is 33.2. The molecule has 12 heteroatoms. The Morgan fingerprint density at radius 2 is 1.60 bits per heavy atom. The van der Waals surface area contributed by atoms with E-state index in [-0.39, 0.29) is 41.5 Å². The van der Waals surface area contributed by atoms with Crippen LogP contribution in [0.15, 0.2) is 65.6 Å². The first-order chi connectivity index (χ1) is 21.2. The van der Waals surface area contributed by atoms with Gasteiger partial charge >= 0.3 is 5.97 Å². The van der Waals surface area contributed by atoms with E-state index in [4.69, 9.17) is 32.5 Å². The van der Waals surface area contributed by atoms with Gasteiger partial charge in [0.2, 0.25) is 15.9 Å². The predicted octanol–water partition coefficient (Wildman–Crippen LogP) is 4.31. The lowest BCUT2D eigenvalue weighted by Crippen LogP contribution is -2.46. The van der Waals surface area contributed by atoms with Crippen LogP contribution in [-0.4, -0.2) is 58.2 Å². The Labute approximate surface area is 271 Å². The lowest BCUT2D eigenvalue weighted by molar-refractivity contribution is -0.145. The van der Waals surface area contributed by atoms with Gasteiger partial charge in [-0.3, -0.25) is 4.79 Å². The molecule has 0 spiro atoms. The number of hydrogen-bond donors (Lipinski definition) is 4. The van der Waals surface area contributed by atoms with E-state index in [0.717, 1.165) is 42.4 Å². The van der Waals surface area contributed by atoms with Gasteiger partial charge < -0.3 is 26.3 Å². The molecule has 1 fully saturated rings. The first kappa shape index (κ1) is 36.3. The Kier molecular flexibility index (Phi) is 13.2. The fraction of sp³-hybridized carbons (Fsp3) is 0.455. The predicted molar refractivity (Wildman–Crippen MR) is 178 cm³/mol. The van der Waals surface area contributed by atoms with Crippen molar-refractivity contribution in [2.24, 2.45) is 17.4 Å². The fourth-order valence-electron chi connectivity index (χ4n) is 5.04. The molecule has 3 aromatic rings. The minimum atomic E-state index is -3.55. The van der Waals surface area contributed by atoms with Crippen LogP contribution in [0.5, 0.6) is 5.75 Å². The molecular formula is C33H45ClN4O6S. The lowest BCUT2D eigenvalue weighted by atomic mass is 9.85.